The molecule has 0 bridgehead atoms. The van der Waals surface area contributed by atoms with E-state index in [0.717, 1.165) is 5.56 Å². The number of nitrogens with zero attached hydrogens (tertiary/aromatic N) is 4. The molecule has 1 N–H and O–H groups in total. The van der Waals surface area contributed by atoms with Crippen LogP contribution in [-0.4, -0.2) is 33.3 Å². The van der Waals surface area contributed by atoms with E-state index >= 15 is 0 Å². The second-order valence-corrected chi connectivity index (χ2v) is 9.34. The molecule has 4 aromatic rings. The molecule has 3 aromatic carbocycles. The van der Waals surface area contributed by atoms with E-state index in [1.54, 1.807) is 37.3 Å². The Bertz CT molecular complexity index is 1510. The summed E-state index contributed by atoms with van der Waals surface area (Å²) in [4.78, 5) is 13.4. The summed E-state index contributed by atoms with van der Waals surface area (Å²) in [7, 11) is 1.50. The zero-order valence-electron chi connectivity index (χ0n) is 20.5. The number of methoxy groups -OCH3 is 1. The van der Waals surface area contributed by atoms with Gasteiger partial charge < -0.3 is 19.5 Å². The van der Waals surface area contributed by atoms with Gasteiger partial charge in [-0.05, 0) is 62.6 Å². The van der Waals surface area contributed by atoms with E-state index in [0.29, 0.717) is 44.3 Å². The van der Waals surface area contributed by atoms with Crippen LogP contribution in [0.3, 0.4) is 0 Å². The fraction of sp³-hybridized carbons (Fsp3) is 0.185. The Labute approximate surface area is 226 Å². The first kappa shape index (κ1) is 25.4. The Balaban J connectivity index is 1.48. The fourth-order valence-electron chi connectivity index (χ4n) is 4.19. The fourth-order valence-corrected chi connectivity index (χ4v) is 4.76. The molecular formula is C27H23BrFN5O4. The third-order valence-electron chi connectivity index (χ3n) is 6.04. The van der Waals surface area contributed by atoms with E-state index in [-0.39, 0.29) is 19.0 Å². The number of aromatic nitrogens is 4. The molecule has 5 rings (SSSR count). The summed E-state index contributed by atoms with van der Waals surface area (Å²) in [6.07, 6.45) is 0. The second kappa shape index (κ2) is 11.0. The first-order chi connectivity index (χ1) is 18.5. The molecule has 1 aromatic heterocycles. The SMILES string of the molecule is COc1cc(C2C(C(=O)OCc3ccccc3)=C(C)Nc3nnnn32)cc(Br)c1OCc1ccccc1F. The Morgan fingerprint density at radius 1 is 1.11 bits per heavy atom. The lowest BCUT2D eigenvalue weighted by Gasteiger charge is -2.28. The third-order valence-corrected chi connectivity index (χ3v) is 6.63. The van der Waals surface area contributed by atoms with Gasteiger partial charge in [0.1, 0.15) is 25.1 Å². The Hall–Kier alpha value is -4.25. The molecule has 1 aliphatic heterocycles. The normalized spacial score (nSPS) is 14.5. The number of rotatable bonds is 8. The molecular weight excluding hydrogens is 557 g/mol. The van der Waals surface area contributed by atoms with Crippen molar-refractivity contribution in [3.63, 3.8) is 0 Å². The third kappa shape index (κ3) is 5.10. The minimum absolute atomic E-state index is 0.00153. The molecule has 38 heavy (non-hydrogen) atoms. The zero-order valence-corrected chi connectivity index (χ0v) is 22.1. The number of hydrogen-bond acceptors (Lipinski definition) is 8. The van der Waals surface area contributed by atoms with Crippen molar-refractivity contribution in [3.05, 3.63) is 105 Å². The van der Waals surface area contributed by atoms with E-state index in [1.165, 1.54) is 17.9 Å². The topological polar surface area (TPSA) is 100 Å². The standard InChI is InChI=1S/C27H23BrFN5O4/c1-16-23(26(35)38-14-17-8-4-3-5-9-17)24(34-27(30-16)31-32-33-34)19-12-20(28)25(22(13-19)36-2)37-15-18-10-6-7-11-21(18)29/h3-13,24H,14-15H2,1-2H3,(H,30,31,33). The molecule has 11 heteroatoms. The van der Waals surface area contributed by atoms with Crippen LogP contribution < -0.4 is 14.8 Å². The van der Waals surface area contributed by atoms with Gasteiger partial charge in [0.05, 0.1) is 17.2 Å². The van der Waals surface area contributed by atoms with Crippen molar-refractivity contribution in [1.29, 1.82) is 0 Å². The lowest BCUT2D eigenvalue weighted by Crippen LogP contribution is -2.29. The summed E-state index contributed by atoms with van der Waals surface area (Å²) in [6, 6.07) is 18.6. The lowest BCUT2D eigenvalue weighted by atomic mass is 9.95. The molecule has 9 nitrogen and oxygen atoms in total. The quantitative estimate of drug-likeness (QED) is 0.284. The molecule has 1 unspecified atom stereocenters. The van der Waals surface area contributed by atoms with Crippen molar-refractivity contribution in [1.82, 2.24) is 20.2 Å². The number of nitrogens with one attached hydrogen (secondary N) is 1. The van der Waals surface area contributed by atoms with Gasteiger partial charge >= 0.3 is 5.97 Å². The summed E-state index contributed by atoms with van der Waals surface area (Å²) >= 11 is 3.55. The summed E-state index contributed by atoms with van der Waals surface area (Å²) in [5.74, 6) is 0.272. The first-order valence-electron chi connectivity index (χ1n) is 11.7. The molecule has 1 atom stereocenters. The van der Waals surface area contributed by atoms with Gasteiger partial charge in [0.2, 0.25) is 5.95 Å². The smallest absolute Gasteiger partial charge is 0.338 e. The van der Waals surface area contributed by atoms with Crippen LogP contribution in [0.5, 0.6) is 11.5 Å². The highest BCUT2D eigenvalue weighted by molar-refractivity contribution is 9.10. The molecule has 0 spiro atoms. The average molecular weight is 580 g/mol. The number of anilines is 1. The number of tetrazole rings is 1. The molecule has 0 fully saturated rings. The number of halogens is 2. The number of carbonyl (C=O) groups is 1. The minimum atomic E-state index is -0.713. The molecule has 0 saturated heterocycles. The largest absolute Gasteiger partial charge is 0.493 e. The number of hydrogen-bond donors (Lipinski definition) is 1. The van der Waals surface area contributed by atoms with Crippen LogP contribution in [0, 0.1) is 5.82 Å². The Morgan fingerprint density at radius 2 is 1.87 bits per heavy atom. The lowest BCUT2D eigenvalue weighted by molar-refractivity contribution is -0.140. The van der Waals surface area contributed by atoms with E-state index < -0.39 is 12.0 Å². The van der Waals surface area contributed by atoms with Gasteiger partial charge in [-0.15, -0.1) is 0 Å². The number of allylic oxidation sites excluding steroid dienone is 1. The van der Waals surface area contributed by atoms with Gasteiger partial charge in [-0.1, -0.05) is 53.6 Å². The van der Waals surface area contributed by atoms with Crippen molar-refractivity contribution in [2.45, 2.75) is 26.2 Å². The highest BCUT2D eigenvalue weighted by Crippen LogP contribution is 2.43. The van der Waals surface area contributed by atoms with Gasteiger partial charge in [0, 0.05) is 11.3 Å². The predicted molar refractivity (Wildman–Crippen MR) is 140 cm³/mol. The van der Waals surface area contributed by atoms with Gasteiger partial charge in [-0.2, -0.15) is 4.68 Å². The van der Waals surface area contributed by atoms with E-state index in [9.17, 15) is 9.18 Å². The van der Waals surface area contributed by atoms with E-state index in [2.05, 4.69) is 36.8 Å². The van der Waals surface area contributed by atoms with Crippen molar-refractivity contribution in [2.24, 2.45) is 0 Å². The van der Waals surface area contributed by atoms with Gasteiger partial charge in [-0.3, -0.25) is 0 Å². The highest BCUT2D eigenvalue weighted by atomic mass is 79.9. The Kier molecular flexibility index (Phi) is 7.36. The van der Waals surface area contributed by atoms with Gasteiger partial charge in [0.15, 0.2) is 11.5 Å². The molecule has 0 amide bonds. The van der Waals surface area contributed by atoms with Crippen LogP contribution in [0.15, 0.2) is 82.5 Å². The molecule has 0 saturated carbocycles. The summed E-state index contributed by atoms with van der Waals surface area (Å²) < 4.78 is 33.4. The Morgan fingerprint density at radius 3 is 2.63 bits per heavy atom. The number of esters is 1. The first-order valence-corrected chi connectivity index (χ1v) is 12.5. The predicted octanol–water partition coefficient (Wildman–Crippen LogP) is 5.19. The zero-order chi connectivity index (χ0) is 26.6. The number of carbonyl (C=O) groups excluding carboxylic acids is 1. The average Bonchev–Trinajstić information content (AvgIpc) is 3.39. The van der Waals surface area contributed by atoms with Crippen LogP contribution in [0.25, 0.3) is 0 Å². The van der Waals surface area contributed by atoms with Gasteiger partial charge in [-0.25, -0.2) is 9.18 Å². The van der Waals surface area contributed by atoms with Crippen LogP contribution in [0.2, 0.25) is 0 Å². The maximum absolute atomic E-state index is 14.1. The van der Waals surface area contributed by atoms with Crippen molar-refractivity contribution < 1.29 is 23.4 Å². The maximum atomic E-state index is 14.1. The molecule has 2 heterocycles. The minimum Gasteiger partial charge on any atom is -0.493 e. The molecule has 0 aliphatic carbocycles. The summed E-state index contributed by atoms with van der Waals surface area (Å²) in [5, 5.41) is 15.0. The van der Waals surface area contributed by atoms with Crippen molar-refractivity contribution in [3.8, 4) is 11.5 Å². The monoisotopic (exact) mass is 579 g/mol. The molecule has 0 radical (unpaired) electrons. The van der Waals surface area contributed by atoms with Crippen LogP contribution in [0.4, 0.5) is 10.3 Å². The summed E-state index contributed by atoms with van der Waals surface area (Å²) in [5.41, 5.74) is 2.82. The van der Waals surface area contributed by atoms with E-state index in [4.69, 9.17) is 14.2 Å². The number of ether oxygens (including phenoxy) is 3. The number of fused-ring (bicyclic) bond motifs is 1. The second-order valence-electron chi connectivity index (χ2n) is 8.49. The molecule has 194 valence electrons. The maximum Gasteiger partial charge on any atom is 0.338 e. The van der Waals surface area contributed by atoms with Crippen molar-refractivity contribution in [2.75, 3.05) is 12.4 Å². The number of benzene rings is 3. The van der Waals surface area contributed by atoms with Crippen LogP contribution >= 0.6 is 15.9 Å². The van der Waals surface area contributed by atoms with Crippen molar-refractivity contribution >= 4 is 27.8 Å². The van der Waals surface area contributed by atoms with Gasteiger partial charge in [0.25, 0.3) is 0 Å². The summed E-state index contributed by atoms with van der Waals surface area (Å²) in [6.45, 7) is 1.88. The highest BCUT2D eigenvalue weighted by Gasteiger charge is 2.36. The van der Waals surface area contributed by atoms with Crippen LogP contribution in [0.1, 0.15) is 29.7 Å². The molecule has 1 aliphatic rings. The van der Waals surface area contributed by atoms with E-state index in [1.807, 2.05) is 30.3 Å². The van der Waals surface area contributed by atoms with Crippen LogP contribution in [-0.2, 0) is 22.7 Å².